The second-order valence-corrected chi connectivity index (χ2v) is 16.5. The van der Waals surface area contributed by atoms with Gasteiger partial charge in [-0.05, 0) is 70.9 Å². The zero-order chi connectivity index (χ0) is 48.8. The van der Waals surface area contributed by atoms with E-state index in [-0.39, 0.29) is 30.0 Å². The summed E-state index contributed by atoms with van der Waals surface area (Å²) in [5.74, 6) is 0.827. The average molecular weight is 897 g/mol. The summed E-state index contributed by atoms with van der Waals surface area (Å²) in [5.41, 5.74) is 0.974. The van der Waals surface area contributed by atoms with E-state index in [2.05, 4.69) is 88.0 Å². The molecule has 7 unspecified atom stereocenters. The zero-order valence-corrected chi connectivity index (χ0v) is 42.3. The Bertz CT molecular complexity index is 1260. The molecule has 15 heteroatoms. The van der Waals surface area contributed by atoms with Gasteiger partial charge in [0.15, 0.2) is 0 Å². The number of nitrogens with one attached hydrogen (secondary N) is 3. The van der Waals surface area contributed by atoms with E-state index in [1.807, 2.05) is 56.4 Å². The number of carbonyl (C=O) groups is 5. The lowest BCUT2D eigenvalue weighted by molar-refractivity contribution is -0.144. The Kier molecular flexibility index (Phi) is 42.0. The largest absolute Gasteiger partial charge is 0.467 e. The van der Waals surface area contributed by atoms with Crippen LogP contribution in [-0.4, -0.2) is 178 Å². The van der Waals surface area contributed by atoms with Crippen LogP contribution < -0.4 is 16.0 Å². The molecule has 1 aliphatic heterocycles. The highest BCUT2D eigenvalue weighted by molar-refractivity contribution is 5.79. The van der Waals surface area contributed by atoms with Gasteiger partial charge in [0.2, 0.25) is 12.3 Å². The van der Waals surface area contributed by atoms with Crippen molar-refractivity contribution in [2.75, 3.05) is 96.0 Å². The molecule has 1 aromatic carbocycles. The number of rotatable bonds is 26. The molecular formula is C48H92N6O9. The Hall–Kier alpha value is -3.31. The van der Waals surface area contributed by atoms with Crippen LogP contribution in [-0.2, 0) is 49.3 Å². The van der Waals surface area contributed by atoms with Crippen molar-refractivity contribution in [2.24, 2.45) is 17.8 Å². The van der Waals surface area contributed by atoms with Crippen LogP contribution in [0.4, 0.5) is 0 Å². The van der Waals surface area contributed by atoms with E-state index in [4.69, 9.17) is 14.2 Å². The Balaban J connectivity index is -0.000000750. The first-order valence-electron chi connectivity index (χ1n) is 22.8. The van der Waals surface area contributed by atoms with Crippen LogP contribution in [0.25, 0.3) is 0 Å². The Morgan fingerprint density at radius 3 is 1.94 bits per heavy atom. The summed E-state index contributed by atoms with van der Waals surface area (Å²) in [7, 11) is 14.3. The minimum absolute atomic E-state index is 0.00194. The summed E-state index contributed by atoms with van der Waals surface area (Å²) in [6.07, 6.45) is 8.08. The van der Waals surface area contributed by atoms with Gasteiger partial charge in [0.25, 0.3) is 0 Å². The molecule has 3 N–H and O–H groups in total. The van der Waals surface area contributed by atoms with E-state index in [1.54, 1.807) is 26.1 Å². The van der Waals surface area contributed by atoms with E-state index < -0.39 is 12.0 Å². The van der Waals surface area contributed by atoms with Crippen LogP contribution >= 0.6 is 0 Å². The molecule has 1 saturated heterocycles. The lowest BCUT2D eigenvalue weighted by atomic mass is 9.91. The van der Waals surface area contributed by atoms with Crippen molar-refractivity contribution < 1.29 is 42.9 Å². The molecule has 1 aliphatic rings. The summed E-state index contributed by atoms with van der Waals surface area (Å²) < 4.78 is 20.9. The van der Waals surface area contributed by atoms with E-state index in [0.717, 1.165) is 44.3 Å². The zero-order valence-electron chi connectivity index (χ0n) is 42.3. The number of hydrogen-bond donors (Lipinski definition) is 3. The number of ether oxygens (including phenoxy) is 4. The predicted octanol–water partition coefficient (Wildman–Crippen LogP) is 4.75. The summed E-state index contributed by atoms with van der Waals surface area (Å²) in [6, 6.07) is 9.39. The molecular weight excluding hydrogens is 805 g/mol. The number of methoxy groups -OCH3 is 3. The lowest BCUT2D eigenvalue weighted by Gasteiger charge is -2.37. The lowest BCUT2D eigenvalue weighted by Crippen LogP contribution is -2.51. The van der Waals surface area contributed by atoms with E-state index in [9.17, 15) is 24.0 Å². The van der Waals surface area contributed by atoms with Gasteiger partial charge >= 0.3 is 5.97 Å². The van der Waals surface area contributed by atoms with Crippen LogP contribution in [0.1, 0.15) is 93.1 Å². The van der Waals surface area contributed by atoms with Crippen LogP contribution in [0.5, 0.6) is 0 Å². The fourth-order valence-electron chi connectivity index (χ4n) is 7.06. The fraction of sp³-hybridized carbons (Fsp3) is 0.771. The number of esters is 1. The van der Waals surface area contributed by atoms with Crippen molar-refractivity contribution >= 4 is 30.9 Å². The highest BCUT2D eigenvalue weighted by Gasteiger charge is 2.32. The Morgan fingerprint density at radius 1 is 0.905 bits per heavy atom. The van der Waals surface area contributed by atoms with Crippen molar-refractivity contribution in [2.45, 2.75) is 130 Å². The van der Waals surface area contributed by atoms with Crippen LogP contribution in [0.3, 0.4) is 0 Å². The van der Waals surface area contributed by atoms with Crippen molar-refractivity contribution in [1.29, 1.82) is 0 Å². The molecule has 0 aromatic heterocycles. The number of hydrogen-bond acceptors (Lipinski definition) is 13. The molecule has 368 valence electrons. The maximum absolute atomic E-state index is 11.9. The minimum Gasteiger partial charge on any atom is -0.467 e. The smallest absolute Gasteiger partial charge is 0.328 e. The predicted molar refractivity (Wildman–Crippen MR) is 256 cm³/mol. The first-order valence-corrected chi connectivity index (χ1v) is 22.8. The molecule has 2 amide bonds. The third kappa shape index (κ3) is 29.0. The quantitative estimate of drug-likeness (QED) is 0.0664. The maximum Gasteiger partial charge on any atom is 0.328 e. The number of benzene rings is 1. The molecule has 15 nitrogen and oxygen atoms in total. The van der Waals surface area contributed by atoms with Gasteiger partial charge in [-0.15, -0.1) is 0 Å². The molecule has 1 fully saturated rings. The van der Waals surface area contributed by atoms with Crippen molar-refractivity contribution in [1.82, 2.24) is 30.7 Å². The minimum atomic E-state index is -0.616. The number of aldehydes is 2. The Morgan fingerprint density at radius 2 is 1.52 bits per heavy atom. The van der Waals surface area contributed by atoms with Gasteiger partial charge in [0.1, 0.15) is 18.6 Å². The van der Waals surface area contributed by atoms with Gasteiger partial charge in [-0.1, -0.05) is 98.6 Å². The van der Waals surface area contributed by atoms with Crippen molar-refractivity contribution in [3.05, 3.63) is 35.9 Å². The van der Waals surface area contributed by atoms with Crippen LogP contribution in [0.2, 0.25) is 0 Å². The Labute approximate surface area is 383 Å². The number of amides is 2. The van der Waals surface area contributed by atoms with E-state index in [0.29, 0.717) is 56.4 Å². The van der Waals surface area contributed by atoms with Crippen molar-refractivity contribution in [3.63, 3.8) is 0 Å². The summed E-state index contributed by atoms with van der Waals surface area (Å²) >= 11 is 0. The van der Waals surface area contributed by atoms with E-state index >= 15 is 0 Å². The summed E-state index contributed by atoms with van der Waals surface area (Å²) in [4.78, 5) is 61.2. The topological polar surface area (TPSA) is 168 Å². The fourth-order valence-corrected chi connectivity index (χ4v) is 7.06. The van der Waals surface area contributed by atoms with Crippen molar-refractivity contribution in [3.8, 4) is 0 Å². The molecule has 63 heavy (non-hydrogen) atoms. The molecule has 0 saturated carbocycles. The van der Waals surface area contributed by atoms with Crippen LogP contribution in [0, 0.1) is 17.8 Å². The first kappa shape index (κ1) is 64.0. The third-order valence-corrected chi connectivity index (χ3v) is 10.7. The third-order valence-electron chi connectivity index (χ3n) is 10.7. The normalized spacial score (nSPS) is 16.1. The standard InChI is InChI=1S/C13H26N2O3.C11H24N2O2.C11H13NO3.C10H21NO.C3H8/c1-6-10(2)13(11(18-5)7-8-16)15(4)12(17)9-14-3;1-10(2)11(9-14)13(4)6-8-15-7-5-12-3;1-15-11(14)10(12-8-13)7-9-5-3-2-4-6-9;1-8(2)10(12-4)9-6-5-7-11(9)3;1-3-2/h8,10-11,13-14H,6-7,9H2,1-5H3;9-12H,5-8H2,1-4H3;2-6,8,10H,7H2,1H3,(H,12,13);8-10H,5-7H2,1-4H3;3H2,1-2H3. The van der Waals surface area contributed by atoms with E-state index in [1.165, 1.54) is 32.9 Å². The van der Waals surface area contributed by atoms with Gasteiger partial charge in [-0.3, -0.25) is 14.5 Å². The molecule has 0 bridgehead atoms. The molecule has 0 spiro atoms. The SMILES string of the molecule is CCC.CCC(C)C(C(CC=O)OC)N(C)C(=O)CNC.CNCCOCCN(C)C(C=O)C(C)C.COC(=O)C(Cc1ccccc1)NC=O.COC(C(C)C)C1CCCN1C. The number of nitrogens with zero attached hydrogens (tertiary/aromatic N) is 3. The molecule has 0 aliphatic carbocycles. The molecule has 1 aromatic rings. The average Bonchev–Trinajstić information content (AvgIpc) is 3.69. The van der Waals surface area contributed by atoms with Crippen LogP contribution in [0.15, 0.2) is 30.3 Å². The maximum atomic E-state index is 11.9. The first-order chi connectivity index (χ1) is 30.0. The highest BCUT2D eigenvalue weighted by Crippen LogP contribution is 2.24. The monoisotopic (exact) mass is 897 g/mol. The van der Waals surface area contributed by atoms with Gasteiger partial charge < -0.3 is 54.3 Å². The molecule has 7 atom stereocenters. The number of likely N-dealkylation sites (tertiary alicyclic amines) is 1. The highest BCUT2D eigenvalue weighted by atomic mass is 16.5. The van der Waals surface area contributed by atoms with Gasteiger partial charge in [-0.25, -0.2) is 4.79 Å². The van der Waals surface area contributed by atoms with Gasteiger partial charge in [0.05, 0.1) is 51.2 Å². The number of likely N-dealkylation sites (N-methyl/N-ethyl adjacent to an activating group) is 5. The summed E-state index contributed by atoms with van der Waals surface area (Å²) in [5, 5.41) is 8.29. The second kappa shape index (κ2) is 41.4. The molecule has 1 heterocycles. The van der Waals surface area contributed by atoms with Gasteiger partial charge in [0, 0.05) is 53.2 Å². The molecule has 0 radical (unpaired) electrons. The number of carbonyl (C=O) groups excluding carboxylic acids is 5. The second-order valence-electron chi connectivity index (χ2n) is 16.5. The summed E-state index contributed by atoms with van der Waals surface area (Å²) in [6.45, 7) is 21.6. The van der Waals surface area contributed by atoms with Gasteiger partial charge in [-0.2, -0.15) is 0 Å². The molecule has 2 rings (SSSR count).